The topological polar surface area (TPSA) is 53.0 Å². The number of nitrogens with zero attached hydrogens (tertiary/aromatic N) is 2. The Hall–Kier alpha value is -2.51. The number of methoxy groups -OCH3 is 1. The van der Waals surface area contributed by atoms with E-state index < -0.39 is 11.4 Å². The maximum atomic E-state index is 13.5. The number of amides is 1. The van der Waals surface area contributed by atoms with Crippen LogP contribution in [-0.2, 0) is 11.3 Å². The molecule has 3 aromatic rings. The molecule has 3 aromatic carbocycles. The number of fused-ring (bicyclic) bond motifs is 1. The number of anilines is 1. The van der Waals surface area contributed by atoms with Gasteiger partial charge in [0.2, 0.25) is 0 Å². The minimum Gasteiger partial charge on any atom is -0.497 e. The van der Waals surface area contributed by atoms with Gasteiger partial charge >= 0.3 is 0 Å². The van der Waals surface area contributed by atoms with Crippen LogP contribution in [0.25, 0.3) is 0 Å². The summed E-state index contributed by atoms with van der Waals surface area (Å²) in [5.74, 6) is 0.427. The van der Waals surface area contributed by atoms with Crippen LogP contribution in [0.3, 0.4) is 0 Å². The van der Waals surface area contributed by atoms with E-state index in [0.717, 1.165) is 35.0 Å². The molecule has 178 valence electrons. The van der Waals surface area contributed by atoms with Crippen molar-refractivity contribution >= 4 is 35.0 Å². The highest BCUT2D eigenvalue weighted by Crippen LogP contribution is 2.46. The highest BCUT2D eigenvalue weighted by Gasteiger charge is 2.37. The van der Waals surface area contributed by atoms with Gasteiger partial charge in [0, 0.05) is 29.6 Å². The molecule has 4 rings (SSSR count). The number of carbonyl (C=O) groups excluding carboxylic acids is 1. The number of aliphatic hydroxyl groups excluding tert-OH is 1. The van der Waals surface area contributed by atoms with Gasteiger partial charge in [-0.3, -0.25) is 9.69 Å². The highest BCUT2D eigenvalue weighted by atomic mass is 35.5. The maximum Gasteiger partial charge on any atom is 0.257 e. The molecular weight excluding hydrogens is 468 g/mol. The Morgan fingerprint density at radius 1 is 1.09 bits per heavy atom. The van der Waals surface area contributed by atoms with E-state index in [1.54, 1.807) is 18.1 Å². The molecule has 7 heteroatoms. The molecular formula is C27H29ClN2O3S. The van der Waals surface area contributed by atoms with Crippen LogP contribution in [0.15, 0.2) is 77.7 Å². The Labute approximate surface area is 210 Å². The average Bonchev–Trinajstić information content (AvgIpc) is 2.96. The van der Waals surface area contributed by atoms with Gasteiger partial charge in [0.05, 0.1) is 18.0 Å². The SMILES string of the molecule is CCN(CCN1C(=O)[C@@H](O)[C@@H](c2ccc(OC)cc2)Sc2cc(Cl)ccc21)Cc1ccccc1. The number of thioether (sulfide) groups is 1. The first-order valence-corrected chi connectivity index (χ1v) is 12.6. The monoisotopic (exact) mass is 496 g/mol. The molecule has 1 aliphatic heterocycles. The lowest BCUT2D eigenvalue weighted by Gasteiger charge is -2.28. The predicted octanol–water partition coefficient (Wildman–Crippen LogP) is 5.41. The van der Waals surface area contributed by atoms with Gasteiger partial charge in [-0.15, -0.1) is 11.8 Å². The van der Waals surface area contributed by atoms with Crippen LogP contribution < -0.4 is 9.64 Å². The minimum absolute atomic E-state index is 0.301. The molecule has 5 nitrogen and oxygen atoms in total. The highest BCUT2D eigenvalue weighted by molar-refractivity contribution is 7.99. The van der Waals surface area contributed by atoms with Crippen LogP contribution in [-0.4, -0.2) is 48.8 Å². The lowest BCUT2D eigenvalue weighted by molar-refractivity contribution is -0.126. The molecule has 1 heterocycles. The van der Waals surface area contributed by atoms with Crippen LogP contribution in [0.5, 0.6) is 5.75 Å². The first-order valence-electron chi connectivity index (χ1n) is 11.4. The van der Waals surface area contributed by atoms with Gasteiger partial charge in [0.15, 0.2) is 0 Å². The second kappa shape index (κ2) is 11.3. The first kappa shape index (κ1) is 24.6. The molecule has 0 unspecified atom stereocenters. The molecule has 2 atom stereocenters. The maximum absolute atomic E-state index is 13.5. The third-order valence-corrected chi connectivity index (χ3v) is 7.65. The van der Waals surface area contributed by atoms with Crippen molar-refractivity contribution in [2.45, 2.75) is 29.7 Å². The Kier molecular flexibility index (Phi) is 8.16. The number of rotatable bonds is 8. The number of carbonyl (C=O) groups is 1. The fourth-order valence-corrected chi connectivity index (χ4v) is 5.66. The molecule has 0 spiro atoms. The Morgan fingerprint density at radius 2 is 1.82 bits per heavy atom. The van der Waals surface area contributed by atoms with E-state index in [-0.39, 0.29) is 5.91 Å². The molecule has 0 aliphatic carbocycles. The van der Waals surface area contributed by atoms with Crippen molar-refractivity contribution in [2.75, 3.05) is 31.6 Å². The minimum atomic E-state index is -1.19. The van der Waals surface area contributed by atoms with Crippen molar-refractivity contribution in [1.29, 1.82) is 0 Å². The van der Waals surface area contributed by atoms with Crippen molar-refractivity contribution in [3.8, 4) is 5.75 Å². The first-order chi connectivity index (χ1) is 16.5. The van der Waals surface area contributed by atoms with E-state index in [1.165, 1.54) is 17.3 Å². The number of aliphatic hydroxyl groups is 1. The van der Waals surface area contributed by atoms with E-state index in [1.807, 2.05) is 54.6 Å². The quantitative estimate of drug-likeness (QED) is 0.452. The molecule has 1 N–H and O–H groups in total. The van der Waals surface area contributed by atoms with E-state index >= 15 is 0 Å². The number of ether oxygens (including phenoxy) is 1. The van der Waals surface area contributed by atoms with Crippen LogP contribution >= 0.6 is 23.4 Å². The average molecular weight is 497 g/mol. The molecule has 0 bridgehead atoms. The van der Waals surface area contributed by atoms with Gasteiger partial charge < -0.3 is 14.7 Å². The van der Waals surface area contributed by atoms with Crippen LogP contribution in [0.1, 0.15) is 23.3 Å². The van der Waals surface area contributed by atoms with Gasteiger partial charge in [-0.2, -0.15) is 0 Å². The van der Waals surface area contributed by atoms with Gasteiger partial charge in [-0.1, -0.05) is 61.0 Å². The number of benzene rings is 3. The summed E-state index contributed by atoms with van der Waals surface area (Å²) in [5.41, 5.74) is 2.87. The fourth-order valence-electron chi connectivity index (χ4n) is 4.12. The molecule has 0 fully saturated rings. The van der Waals surface area contributed by atoms with Crippen molar-refractivity contribution in [1.82, 2.24) is 4.90 Å². The summed E-state index contributed by atoms with van der Waals surface area (Å²) in [6.45, 7) is 4.94. The summed E-state index contributed by atoms with van der Waals surface area (Å²) in [7, 11) is 1.61. The largest absolute Gasteiger partial charge is 0.497 e. The summed E-state index contributed by atoms with van der Waals surface area (Å²) < 4.78 is 5.26. The lowest BCUT2D eigenvalue weighted by atomic mass is 10.1. The van der Waals surface area contributed by atoms with E-state index in [2.05, 4.69) is 24.0 Å². The molecule has 0 saturated carbocycles. The summed E-state index contributed by atoms with van der Waals surface area (Å²) in [6.07, 6.45) is -1.19. The molecule has 34 heavy (non-hydrogen) atoms. The molecule has 1 aliphatic rings. The Morgan fingerprint density at radius 3 is 2.50 bits per heavy atom. The zero-order chi connectivity index (χ0) is 24.1. The van der Waals surface area contributed by atoms with Crippen LogP contribution in [0.4, 0.5) is 5.69 Å². The van der Waals surface area contributed by atoms with E-state index in [0.29, 0.717) is 18.1 Å². The number of likely N-dealkylation sites (N-methyl/N-ethyl adjacent to an activating group) is 1. The van der Waals surface area contributed by atoms with Gasteiger partial charge in [-0.25, -0.2) is 0 Å². The molecule has 0 aromatic heterocycles. The molecule has 0 saturated heterocycles. The summed E-state index contributed by atoms with van der Waals surface area (Å²) in [4.78, 5) is 18.4. The zero-order valence-corrected chi connectivity index (χ0v) is 20.9. The standard InChI is InChI=1S/C27H29ClN2O3S/c1-3-29(18-19-7-5-4-6-8-19)15-16-30-23-14-11-21(28)17-24(23)34-26(25(31)27(30)32)20-9-12-22(33-2)13-10-20/h4-14,17,25-26,31H,3,15-16,18H2,1-2H3/t25-,26+/m0/s1. The van der Waals surface area contributed by atoms with E-state index in [4.69, 9.17) is 16.3 Å². The molecule has 1 amide bonds. The van der Waals surface area contributed by atoms with Gasteiger partial charge in [-0.05, 0) is 48.0 Å². The number of hydrogen-bond donors (Lipinski definition) is 1. The third-order valence-electron chi connectivity index (χ3n) is 6.05. The normalized spacial score (nSPS) is 18.0. The predicted molar refractivity (Wildman–Crippen MR) is 139 cm³/mol. The summed E-state index contributed by atoms with van der Waals surface area (Å²) in [6, 6.07) is 23.3. The van der Waals surface area contributed by atoms with Crippen molar-refractivity contribution < 1.29 is 14.6 Å². The third kappa shape index (κ3) is 5.58. The van der Waals surface area contributed by atoms with Crippen molar-refractivity contribution in [3.63, 3.8) is 0 Å². The molecule has 0 radical (unpaired) electrons. The smallest absolute Gasteiger partial charge is 0.257 e. The van der Waals surface area contributed by atoms with Crippen molar-refractivity contribution in [2.24, 2.45) is 0 Å². The number of halogens is 1. The summed E-state index contributed by atoms with van der Waals surface area (Å²) >= 11 is 7.79. The second-order valence-corrected chi connectivity index (χ2v) is 9.83. The lowest BCUT2D eigenvalue weighted by Crippen LogP contribution is -2.44. The van der Waals surface area contributed by atoms with Crippen molar-refractivity contribution in [3.05, 3.63) is 88.9 Å². The summed E-state index contributed by atoms with van der Waals surface area (Å²) in [5, 5.41) is 11.3. The van der Waals surface area contributed by atoms with Gasteiger partial charge in [0.1, 0.15) is 11.9 Å². The van der Waals surface area contributed by atoms with Crippen LogP contribution in [0.2, 0.25) is 5.02 Å². The Balaban J connectivity index is 1.59. The zero-order valence-electron chi connectivity index (χ0n) is 19.4. The second-order valence-electron chi connectivity index (χ2n) is 8.21. The number of hydrogen-bond acceptors (Lipinski definition) is 5. The van der Waals surface area contributed by atoms with Crippen LogP contribution in [0, 0.1) is 0 Å². The fraction of sp³-hybridized carbons (Fsp3) is 0.296. The van der Waals surface area contributed by atoms with Gasteiger partial charge in [0.25, 0.3) is 5.91 Å². The Bertz CT molecular complexity index is 1110. The van der Waals surface area contributed by atoms with E-state index in [9.17, 15) is 9.90 Å².